The zero-order valence-electron chi connectivity index (χ0n) is 11.0. The van der Waals surface area contributed by atoms with Gasteiger partial charge in [0.15, 0.2) is 0 Å². The molecular weight excluding hydrogens is 258 g/mol. The van der Waals surface area contributed by atoms with Crippen molar-refractivity contribution < 1.29 is 19.8 Å². The summed E-state index contributed by atoms with van der Waals surface area (Å²) in [7, 11) is 0. The van der Waals surface area contributed by atoms with Crippen LogP contribution in [0.25, 0.3) is 6.08 Å². The van der Waals surface area contributed by atoms with E-state index >= 15 is 0 Å². The van der Waals surface area contributed by atoms with Gasteiger partial charge in [0.1, 0.15) is 12.1 Å². The third-order valence-corrected chi connectivity index (χ3v) is 3.46. The lowest BCUT2D eigenvalue weighted by Crippen LogP contribution is -2.46. The third-order valence-electron chi connectivity index (χ3n) is 3.46. The van der Waals surface area contributed by atoms with Crippen molar-refractivity contribution in [1.82, 2.24) is 4.90 Å². The fourth-order valence-corrected chi connectivity index (χ4v) is 2.49. The van der Waals surface area contributed by atoms with Crippen molar-refractivity contribution in [2.24, 2.45) is 0 Å². The molecule has 1 aliphatic rings. The van der Waals surface area contributed by atoms with Crippen molar-refractivity contribution in [3.63, 3.8) is 0 Å². The van der Waals surface area contributed by atoms with E-state index in [1.807, 2.05) is 30.3 Å². The van der Waals surface area contributed by atoms with Crippen molar-refractivity contribution in [2.45, 2.75) is 24.9 Å². The molecule has 1 fully saturated rings. The zero-order chi connectivity index (χ0) is 14.5. The largest absolute Gasteiger partial charge is 0.480 e. The number of hydrogen-bond donors (Lipinski definition) is 2. The molecule has 0 radical (unpaired) electrons. The average Bonchev–Trinajstić information content (AvgIpc) is 2.89. The number of carboxylic acids is 2. The van der Waals surface area contributed by atoms with E-state index in [-0.39, 0.29) is 0 Å². The molecule has 1 saturated heterocycles. The summed E-state index contributed by atoms with van der Waals surface area (Å²) < 4.78 is 0. The highest BCUT2D eigenvalue weighted by molar-refractivity contribution is 5.80. The number of hydrogen-bond acceptors (Lipinski definition) is 3. The fourth-order valence-electron chi connectivity index (χ4n) is 2.49. The molecule has 0 amide bonds. The maximum Gasteiger partial charge on any atom is 0.324 e. The first-order chi connectivity index (χ1) is 9.59. The van der Waals surface area contributed by atoms with Gasteiger partial charge in [0.25, 0.3) is 0 Å². The van der Waals surface area contributed by atoms with Crippen LogP contribution in [0.1, 0.15) is 18.4 Å². The van der Waals surface area contributed by atoms with E-state index in [2.05, 4.69) is 0 Å². The van der Waals surface area contributed by atoms with E-state index in [4.69, 9.17) is 5.11 Å². The van der Waals surface area contributed by atoms with Crippen LogP contribution in [0.5, 0.6) is 0 Å². The van der Waals surface area contributed by atoms with Crippen LogP contribution in [0.2, 0.25) is 0 Å². The van der Waals surface area contributed by atoms with Gasteiger partial charge in [-0.15, -0.1) is 0 Å². The molecule has 2 N–H and O–H groups in total. The Morgan fingerprint density at radius 3 is 2.55 bits per heavy atom. The fraction of sp³-hybridized carbons (Fsp3) is 0.333. The second-order valence-electron chi connectivity index (χ2n) is 4.79. The van der Waals surface area contributed by atoms with Gasteiger partial charge < -0.3 is 10.2 Å². The van der Waals surface area contributed by atoms with E-state index in [0.717, 1.165) is 5.56 Å². The zero-order valence-corrected chi connectivity index (χ0v) is 11.0. The number of carboxylic acid groups (broad SMARTS) is 2. The molecule has 5 heteroatoms. The van der Waals surface area contributed by atoms with Gasteiger partial charge in [-0.05, 0) is 18.4 Å². The topological polar surface area (TPSA) is 77.8 Å². The number of rotatable bonds is 5. The summed E-state index contributed by atoms with van der Waals surface area (Å²) in [6.45, 7) is 0.493. The van der Waals surface area contributed by atoms with E-state index in [1.165, 1.54) is 4.90 Å². The SMILES string of the molecule is O=C(O)C(C=Cc1ccccc1)N1CCC[C@H]1C(=O)O. The highest BCUT2D eigenvalue weighted by Crippen LogP contribution is 2.21. The first-order valence-electron chi connectivity index (χ1n) is 6.54. The number of likely N-dealkylation sites (tertiary alicyclic amines) is 1. The number of nitrogens with zero attached hydrogens (tertiary/aromatic N) is 1. The van der Waals surface area contributed by atoms with Gasteiger partial charge in [0.05, 0.1) is 0 Å². The molecule has 1 aromatic carbocycles. The molecule has 2 rings (SSSR count). The van der Waals surface area contributed by atoms with Crippen molar-refractivity contribution in [3.05, 3.63) is 42.0 Å². The van der Waals surface area contributed by atoms with E-state index in [1.54, 1.807) is 12.2 Å². The molecule has 1 heterocycles. The Hall–Kier alpha value is -2.14. The Morgan fingerprint density at radius 1 is 1.25 bits per heavy atom. The standard InChI is InChI=1S/C15H17NO4/c17-14(18)12-7-4-10-16(12)13(15(19)20)9-8-11-5-2-1-3-6-11/h1-3,5-6,8-9,12-13H,4,7,10H2,(H,17,18)(H,19,20)/t12-,13?/m0/s1. The summed E-state index contributed by atoms with van der Waals surface area (Å²) in [6, 6.07) is 7.74. The van der Waals surface area contributed by atoms with Crippen molar-refractivity contribution in [3.8, 4) is 0 Å². The Morgan fingerprint density at radius 2 is 1.95 bits per heavy atom. The van der Waals surface area contributed by atoms with Crippen LogP contribution >= 0.6 is 0 Å². The molecule has 0 aliphatic carbocycles. The molecule has 0 aromatic heterocycles. The molecular formula is C15H17NO4. The Kier molecular flexibility index (Phi) is 4.53. The minimum absolute atomic E-state index is 0.493. The van der Waals surface area contributed by atoms with E-state index < -0.39 is 24.0 Å². The molecule has 5 nitrogen and oxygen atoms in total. The lowest BCUT2D eigenvalue weighted by Gasteiger charge is -2.25. The van der Waals surface area contributed by atoms with Gasteiger partial charge in [-0.2, -0.15) is 0 Å². The minimum atomic E-state index is -1.02. The molecule has 106 valence electrons. The molecule has 2 atom stereocenters. The summed E-state index contributed by atoms with van der Waals surface area (Å²) in [5.74, 6) is -1.98. The summed E-state index contributed by atoms with van der Waals surface area (Å²) in [4.78, 5) is 24.1. The second kappa shape index (κ2) is 6.34. The smallest absolute Gasteiger partial charge is 0.324 e. The Labute approximate surface area is 117 Å². The molecule has 0 spiro atoms. The number of benzene rings is 1. The number of carbonyl (C=O) groups is 2. The van der Waals surface area contributed by atoms with Crippen LogP contribution in [-0.2, 0) is 9.59 Å². The van der Waals surface area contributed by atoms with Gasteiger partial charge in [-0.3, -0.25) is 14.5 Å². The normalized spacial score (nSPS) is 21.1. The van der Waals surface area contributed by atoms with Gasteiger partial charge in [-0.25, -0.2) is 0 Å². The highest BCUT2D eigenvalue weighted by atomic mass is 16.4. The van der Waals surface area contributed by atoms with Gasteiger partial charge in [0, 0.05) is 6.54 Å². The quantitative estimate of drug-likeness (QED) is 0.855. The second-order valence-corrected chi connectivity index (χ2v) is 4.79. The Balaban J connectivity index is 2.17. The lowest BCUT2D eigenvalue weighted by molar-refractivity contribution is -0.147. The minimum Gasteiger partial charge on any atom is -0.480 e. The van der Waals surface area contributed by atoms with Crippen LogP contribution < -0.4 is 0 Å². The van der Waals surface area contributed by atoms with Crippen LogP contribution in [0.15, 0.2) is 36.4 Å². The van der Waals surface area contributed by atoms with Crippen LogP contribution in [-0.4, -0.2) is 45.7 Å². The van der Waals surface area contributed by atoms with E-state index in [9.17, 15) is 14.7 Å². The van der Waals surface area contributed by atoms with Gasteiger partial charge >= 0.3 is 11.9 Å². The summed E-state index contributed by atoms with van der Waals surface area (Å²) >= 11 is 0. The maximum absolute atomic E-state index is 11.4. The molecule has 1 unspecified atom stereocenters. The van der Waals surface area contributed by atoms with Crippen molar-refractivity contribution in [2.75, 3.05) is 6.54 Å². The Bertz CT molecular complexity index is 512. The summed E-state index contributed by atoms with van der Waals surface area (Å²) in [5, 5.41) is 18.5. The number of aliphatic carboxylic acids is 2. The first kappa shape index (κ1) is 14.3. The highest BCUT2D eigenvalue weighted by Gasteiger charge is 2.37. The van der Waals surface area contributed by atoms with E-state index in [0.29, 0.717) is 19.4 Å². The first-order valence-corrected chi connectivity index (χ1v) is 6.54. The van der Waals surface area contributed by atoms with Crippen LogP contribution in [0, 0.1) is 0 Å². The molecule has 1 aromatic rings. The predicted octanol–water partition coefficient (Wildman–Crippen LogP) is 1.70. The molecule has 0 saturated carbocycles. The molecule has 1 aliphatic heterocycles. The van der Waals surface area contributed by atoms with Gasteiger partial charge in [-0.1, -0.05) is 42.5 Å². The maximum atomic E-state index is 11.4. The van der Waals surface area contributed by atoms with Crippen molar-refractivity contribution >= 4 is 18.0 Å². The molecule has 0 bridgehead atoms. The molecule has 20 heavy (non-hydrogen) atoms. The van der Waals surface area contributed by atoms with Crippen LogP contribution in [0.4, 0.5) is 0 Å². The summed E-state index contributed by atoms with van der Waals surface area (Å²) in [6.07, 6.45) is 4.48. The van der Waals surface area contributed by atoms with Crippen LogP contribution in [0.3, 0.4) is 0 Å². The third kappa shape index (κ3) is 3.24. The lowest BCUT2D eigenvalue weighted by atomic mass is 10.1. The van der Waals surface area contributed by atoms with Crippen molar-refractivity contribution in [1.29, 1.82) is 0 Å². The average molecular weight is 275 g/mol. The van der Waals surface area contributed by atoms with Gasteiger partial charge in [0.2, 0.25) is 0 Å². The predicted molar refractivity (Wildman–Crippen MR) is 74.3 cm³/mol. The summed E-state index contributed by atoms with van der Waals surface area (Å²) in [5.41, 5.74) is 0.893. The monoisotopic (exact) mass is 275 g/mol.